The van der Waals surface area contributed by atoms with Crippen LogP contribution in [0.5, 0.6) is 5.75 Å². The van der Waals surface area contributed by atoms with Gasteiger partial charge in [-0.2, -0.15) is 0 Å². The number of allylic oxidation sites excluding steroid dienone is 1. The van der Waals surface area contributed by atoms with Crippen LogP contribution in [0.2, 0.25) is 0 Å². The number of rotatable bonds is 5. The van der Waals surface area contributed by atoms with E-state index in [1.165, 1.54) is 6.92 Å². The highest BCUT2D eigenvalue weighted by molar-refractivity contribution is 6.04. The van der Waals surface area contributed by atoms with Crippen LogP contribution in [-0.2, 0) is 9.59 Å². The molecule has 0 aliphatic heterocycles. The Labute approximate surface area is 141 Å². The third-order valence-corrected chi connectivity index (χ3v) is 3.37. The maximum atomic E-state index is 12.1. The first-order chi connectivity index (χ1) is 11.5. The number of carbonyl (C=O) groups is 2. The van der Waals surface area contributed by atoms with Gasteiger partial charge in [-0.05, 0) is 54.5 Å². The van der Waals surface area contributed by atoms with Crippen molar-refractivity contribution < 1.29 is 14.3 Å². The molecule has 0 radical (unpaired) electrons. The van der Waals surface area contributed by atoms with Crippen LogP contribution in [0.1, 0.15) is 19.4 Å². The van der Waals surface area contributed by atoms with Crippen molar-refractivity contribution in [3.05, 3.63) is 60.2 Å². The average molecular weight is 324 g/mol. The van der Waals surface area contributed by atoms with E-state index in [1.54, 1.807) is 37.5 Å². The van der Waals surface area contributed by atoms with Crippen LogP contribution in [-0.4, -0.2) is 18.9 Å². The lowest BCUT2D eigenvalue weighted by Crippen LogP contribution is -2.09. The van der Waals surface area contributed by atoms with Gasteiger partial charge >= 0.3 is 0 Å². The minimum absolute atomic E-state index is 0.134. The SMILES string of the molecule is COc1ccc(/C(C)=C/C(=O)Nc2ccc(NC(C)=O)cc2)cc1. The number of hydrogen-bond acceptors (Lipinski definition) is 3. The fraction of sp³-hybridized carbons (Fsp3) is 0.158. The number of methoxy groups -OCH3 is 1. The lowest BCUT2D eigenvalue weighted by Gasteiger charge is -2.07. The molecule has 5 nitrogen and oxygen atoms in total. The molecule has 0 unspecified atom stereocenters. The predicted molar refractivity (Wildman–Crippen MR) is 96.0 cm³/mol. The molecule has 0 bridgehead atoms. The predicted octanol–water partition coefficient (Wildman–Crippen LogP) is 3.70. The molecular formula is C19H20N2O3. The molecule has 0 fully saturated rings. The second-order valence-corrected chi connectivity index (χ2v) is 5.30. The van der Waals surface area contributed by atoms with Crippen LogP contribution in [0.4, 0.5) is 11.4 Å². The molecular weight excluding hydrogens is 304 g/mol. The first-order valence-corrected chi connectivity index (χ1v) is 7.49. The number of hydrogen-bond donors (Lipinski definition) is 2. The van der Waals surface area contributed by atoms with Crippen LogP contribution in [0.25, 0.3) is 5.57 Å². The minimum Gasteiger partial charge on any atom is -0.497 e. The van der Waals surface area contributed by atoms with Gasteiger partial charge in [-0.3, -0.25) is 9.59 Å². The third-order valence-electron chi connectivity index (χ3n) is 3.37. The van der Waals surface area contributed by atoms with Gasteiger partial charge in [-0.15, -0.1) is 0 Å². The van der Waals surface area contributed by atoms with E-state index in [0.717, 1.165) is 16.9 Å². The molecule has 2 rings (SSSR count). The molecule has 0 atom stereocenters. The fourth-order valence-corrected chi connectivity index (χ4v) is 2.15. The zero-order valence-electron chi connectivity index (χ0n) is 13.9. The van der Waals surface area contributed by atoms with Crippen molar-refractivity contribution in [3.8, 4) is 5.75 Å². The van der Waals surface area contributed by atoms with Gasteiger partial charge in [-0.1, -0.05) is 12.1 Å². The van der Waals surface area contributed by atoms with Crippen molar-refractivity contribution >= 4 is 28.8 Å². The second kappa shape index (κ2) is 7.97. The van der Waals surface area contributed by atoms with Gasteiger partial charge in [0.05, 0.1) is 7.11 Å². The Balaban J connectivity index is 2.01. The Morgan fingerprint density at radius 3 is 1.92 bits per heavy atom. The average Bonchev–Trinajstić information content (AvgIpc) is 2.56. The first kappa shape index (κ1) is 17.3. The summed E-state index contributed by atoms with van der Waals surface area (Å²) in [6.07, 6.45) is 1.55. The maximum absolute atomic E-state index is 12.1. The summed E-state index contributed by atoms with van der Waals surface area (Å²) >= 11 is 0. The van der Waals surface area contributed by atoms with Crippen LogP contribution in [0.15, 0.2) is 54.6 Å². The van der Waals surface area contributed by atoms with Crippen LogP contribution < -0.4 is 15.4 Å². The number of nitrogens with one attached hydrogen (secondary N) is 2. The molecule has 0 saturated heterocycles. The first-order valence-electron chi connectivity index (χ1n) is 7.49. The minimum atomic E-state index is -0.212. The molecule has 5 heteroatoms. The smallest absolute Gasteiger partial charge is 0.248 e. The molecule has 0 aliphatic carbocycles. The quantitative estimate of drug-likeness (QED) is 0.824. The van der Waals surface area contributed by atoms with Gasteiger partial charge in [0.2, 0.25) is 11.8 Å². The van der Waals surface area contributed by atoms with Crippen molar-refractivity contribution in [2.75, 3.05) is 17.7 Å². The number of anilines is 2. The lowest BCUT2D eigenvalue weighted by atomic mass is 10.1. The number of ether oxygens (including phenoxy) is 1. The third kappa shape index (κ3) is 4.98. The fourth-order valence-electron chi connectivity index (χ4n) is 2.15. The normalized spacial score (nSPS) is 10.9. The Morgan fingerprint density at radius 1 is 0.875 bits per heavy atom. The van der Waals surface area contributed by atoms with Crippen molar-refractivity contribution in [1.82, 2.24) is 0 Å². The molecule has 0 saturated carbocycles. The summed E-state index contributed by atoms with van der Waals surface area (Å²) in [6, 6.07) is 14.4. The summed E-state index contributed by atoms with van der Waals surface area (Å²) in [5.74, 6) is 0.427. The van der Waals surface area contributed by atoms with Gasteiger partial charge in [0, 0.05) is 24.4 Å². The molecule has 2 aromatic carbocycles. The number of amides is 2. The van der Waals surface area contributed by atoms with E-state index in [0.29, 0.717) is 11.4 Å². The number of carbonyl (C=O) groups excluding carboxylic acids is 2. The van der Waals surface area contributed by atoms with Crippen LogP contribution in [0.3, 0.4) is 0 Å². The van der Waals surface area contributed by atoms with E-state index in [-0.39, 0.29) is 11.8 Å². The van der Waals surface area contributed by atoms with E-state index < -0.39 is 0 Å². The van der Waals surface area contributed by atoms with E-state index in [2.05, 4.69) is 10.6 Å². The highest BCUT2D eigenvalue weighted by Crippen LogP contribution is 2.19. The Bertz CT molecular complexity index is 747. The summed E-state index contributed by atoms with van der Waals surface area (Å²) in [5.41, 5.74) is 3.15. The summed E-state index contributed by atoms with van der Waals surface area (Å²) in [4.78, 5) is 23.1. The molecule has 0 aromatic heterocycles. The molecule has 0 heterocycles. The van der Waals surface area contributed by atoms with Gasteiger partial charge in [0.25, 0.3) is 0 Å². The maximum Gasteiger partial charge on any atom is 0.248 e. The monoisotopic (exact) mass is 324 g/mol. The molecule has 2 amide bonds. The molecule has 2 aromatic rings. The zero-order valence-corrected chi connectivity index (χ0v) is 13.9. The summed E-state index contributed by atoms with van der Waals surface area (Å²) in [6.45, 7) is 3.32. The molecule has 2 N–H and O–H groups in total. The second-order valence-electron chi connectivity index (χ2n) is 5.30. The van der Waals surface area contributed by atoms with Gasteiger partial charge in [0.1, 0.15) is 5.75 Å². The van der Waals surface area contributed by atoms with Crippen molar-refractivity contribution in [3.63, 3.8) is 0 Å². The Kier molecular flexibility index (Phi) is 5.73. The molecule has 124 valence electrons. The van der Waals surface area contributed by atoms with E-state index >= 15 is 0 Å². The summed E-state index contributed by atoms with van der Waals surface area (Å²) in [7, 11) is 1.61. The van der Waals surface area contributed by atoms with Crippen molar-refractivity contribution in [1.29, 1.82) is 0 Å². The van der Waals surface area contributed by atoms with Crippen molar-refractivity contribution in [2.24, 2.45) is 0 Å². The van der Waals surface area contributed by atoms with Gasteiger partial charge in [-0.25, -0.2) is 0 Å². The van der Waals surface area contributed by atoms with E-state index in [9.17, 15) is 9.59 Å². The summed E-state index contributed by atoms with van der Waals surface area (Å²) < 4.78 is 5.12. The van der Waals surface area contributed by atoms with Crippen LogP contribution in [0, 0.1) is 0 Å². The Hall–Kier alpha value is -3.08. The van der Waals surface area contributed by atoms with Gasteiger partial charge < -0.3 is 15.4 Å². The molecule has 0 aliphatic rings. The largest absolute Gasteiger partial charge is 0.497 e. The Morgan fingerprint density at radius 2 is 1.42 bits per heavy atom. The highest BCUT2D eigenvalue weighted by atomic mass is 16.5. The lowest BCUT2D eigenvalue weighted by molar-refractivity contribution is -0.114. The van der Waals surface area contributed by atoms with Gasteiger partial charge in [0.15, 0.2) is 0 Å². The zero-order chi connectivity index (χ0) is 17.5. The topological polar surface area (TPSA) is 67.4 Å². The van der Waals surface area contributed by atoms with Crippen LogP contribution >= 0.6 is 0 Å². The van der Waals surface area contributed by atoms with E-state index in [1.807, 2.05) is 31.2 Å². The highest BCUT2D eigenvalue weighted by Gasteiger charge is 2.03. The standard InChI is InChI=1S/C19H20N2O3/c1-13(15-4-10-18(24-3)11-5-15)12-19(23)21-17-8-6-16(7-9-17)20-14(2)22/h4-12H,1-3H3,(H,20,22)(H,21,23)/b13-12+. The number of benzene rings is 2. The molecule has 0 spiro atoms. The van der Waals surface area contributed by atoms with Crippen molar-refractivity contribution in [2.45, 2.75) is 13.8 Å². The molecule has 24 heavy (non-hydrogen) atoms. The van der Waals surface area contributed by atoms with E-state index in [4.69, 9.17) is 4.74 Å². The summed E-state index contributed by atoms with van der Waals surface area (Å²) in [5, 5.41) is 5.47.